The average molecular weight is 354 g/mol. The zero-order chi connectivity index (χ0) is 18.1. The molecule has 1 aliphatic heterocycles. The van der Waals surface area contributed by atoms with E-state index in [1.54, 1.807) is 5.56 Å². The molecule has 1 nitrogen and oxygen atoms in total. The van der Waals surface area contributed by atoms with E-state index in [-0.39, 0.29) is 0 Å². The minimum atomic E-state index is 0.576. The van der Waals surface area contributed by atoms with Crippen LogP contribution < -0.4 is 0 Å². The van der Waals surface area contributed by atoms with Gasteiger partial charge in [-0.25, -0.2) is 0 Å². The van der Waals surface area contributed by atoms with Gasteiger partial charge < -0.3 is 4.90 Å². The van der Waals surface area contributed by atoms with Crippen molar-refractivity contribution < 1.29 is 0 Å². The van der Waals surface area contributed by atoms with Crippen LogP contribution in [0.25, 0.3) is 0 Å². The summed E-state index contributed by atoms with van der Waals surface area (Å²) in [6.45, 7) is 10.1. The Labute approximate surface area is 161 Å². The van der Waals surface area contributed by atoms with Crippen molar-refractivity contribution in [2.75, 3.05) is 13.1 Å². The van der Waals surface area contributed by atoms with Crippen LogP contribution in [0, 0.1) is 23.2 Å². The first kappa shape index (κ1) is 18.5. The van der Waals surface area contributed by atoms with Crippen LogP contribution in [0.1, 0.15) is 83.6 Å². The van der Waals surface area contributed by atoms with Gasteiger partial charge in [-0.15, -0.1) is 0 Å². The van der Waals surface area contributed by atoms with Gasteiger partial charge >= 0.3 is 0 Å². The molecule has 0 radical (unpaired) electrons. The lowest BCUT2D eigenvalue weighted by Gasteiger charge is -2.49. The third kappa shape index (κ3) is 3.37. The Morgan fingerprint density at radius 1 is 0.885 bits per heavy atom. The molecule has 4 rings (SSSR count). The lowest BCUT2D eigenvalue weighted by molar-refractivity contribution is 0.0221. The molecular formula is C25H39N. The highest BCUT2D eigenvalue weighted by Crippen LogP contribution is 2.58. The van der Waals surface area contributed by atoms with Gasteiger partial charge in [0.2, 0.25) is 0 Å². The molecule has 1 saturated heterocycles. The van der Waals surface area contributed by atoms with E-state index >= 15 is 0 Å². The largest absolute Gasteiger partial charge is 0.300 e. The first-order valence-corrected chi connectivity index (χ1v) is 11.4. The Balaban J connectivity index is 1.40. The molecular weight excluding hydrogens is 314 g/mol. The van der Waals surface area contributed by atoms with Crippen molar-refractivity contribution in [2.24, 2.45) is 23.2 Å². The maximum atomic E-state index is 2.88. The molecule has 3 aliphatic rings. The Morgan fingerprint density at radius 2 is 1.54 bits per heavy atom. The van der Waals surface area contributed by atoms with Crippen LogP contribution >= 0.6 is 0 Å². The summed E-state index contributed by atoms with van der Waals surface area (Å²) in [5.74, 6) is 3.57. The number of benzene rings is 1. The maximum absolute atomic E-state index is 2.88. The molecule has 1 spiro atoms. The summed E-state index contributed by atoms with van der Waals surface area (Å²) >= 11 is 0. The molecule has 0 unspecified atom stereocenters. The Kier molecular flexibility index (Phi) is 5.46. The molecule has 1 aromatic rings. The van der Waals surface area contributed by atoms with E-state index < -0.39 is 0 Å². The molecule has 1 aromatic carbocycles. The molecule has 0 aromatic heterocycles. The molecule has 0 amide bonds. The van der Waals surface area contributed by atoms with Crippen molar-refractivity contribution in [1.29, 1.82) is 0 Å². The zero-order valence-electron chi connectivity index (χ0n) is 17.3. The molecule has 1 heteroatoms. The normalized spacial score (nSPS) is 35.2. The fourth-order valence-corrected chi connectivity index (χ4v) is 6.80. The molecule has 2 aliphatic carbocycles. The van der Waals surface area contributed by atoms with Gasteiger partial charge in [0, 0.05) is 6.04 Å². The van der Waals surface area contributed by atoms with E-state index in [2.05, 4.69) is 56.0 Å². The fraction of sp³-hybridized carbons (Fsp3) is 0.760. The summed E-state index contributed by atoms with van der Waals surface area (Å²) in [6, 6.07) is 12.3. The number of hydrogen-bond donors (Lipinski definition) is 0. The monoisotopic (exact) mass is 353 g/mol. The minimum absolute atomic E-state index is 0.576. The van der Waals surface area contributed by atoms with E-state index in [0.717, 1.165) is 29.7 Å². The second-order valence-electron chi connectivity index (χ2n) is 10.0. The highest BCUT2D eigenvalue weighted by molar-refractivity contribution is 5.25. The van der Waals surface area contributed by atoms with Crippen molar-refractivity contribution in [3.8, 4) is 0 Å². The van der Waals surface area contributed by atoms with E-state index in [1.165, 1.54) is 64.5 Å². The van der Waals surface area contributed by atoms with Gasteiger partial charge in [0.1, 0.15) is 0 Å². The lowest BCUT2D eigenvalue weighted by Crippen LogP contribution is -2.48. The summed E-state index contributed by atoms with van der Waals surface area (Å²) in [5, 5.41) is 0. The van der Waals surface area contributed by atoms with Crippen molar-refractivity contribution in [3.63, 3.8) is 0 Å². The van der Waals surface area contributed by atoms with Gasteiger partial charge in [0.15, 0.2) is 0 Å². The van der Waals surface area contributed by atoms with E-state index in [4.69, 9.17) is 0 Å². The van der Waals surface area contributed by atoms with Crippen molar-refractivity contribution in [2.45, 2.75) is 84.1 Å². The van der Waals surface area contributed by atoms with Crippen LogP contribution in [0.2, 0.25) is 0 Å². The van der Waals surface area contributed by atoms with Crippen LogP contribution in [0.3, 0.4) is 0 Å². The maximum Gasteiger partial charge on any atom is 0.00954 e. The molecule has 0 N–H and O–H groups in total. The van der Waals surface area contributed by atoms with Crippen LogP contribution in [0.4, 0.5) is 0 Å². The zero-order valence-corrected chi connectivity index (χ0v) is 17.3. The van der Waals surface area contributed by atoms with Crippen molar-refractivity contribution >= 4 is 0 Å². The highest BCUT2D eigenvalue weighted by Gasteiger charge is 2.50. The smallest absolute Gasteiger partial charge is 0.00954 e. The van der Waals surface area contributed by atoms with Gasteiger partial charge in [-0.3, -0.25) is 0 Å². The standard InChI is InChI=1S/C25H39N/c1-19(2)21-10-12-23(13-11-21)26-17-15-25(16-18-26)20(3)9-14-24(25)22-7-5-4-6-8-22/h4-8,19-21,23-24H,9-18H2,1-3H3/t20-,21?,23?,24-/m0/s1. The van der Waals surface area contributed by atoms with E-state index in [1.807, 2.05) is 0 Å². The van der Waals surface area contributed by atoms with Crippen molar-refractivity contribution in [3.05, 3.63) is 35.9 Å². The molecule has 3 fully saturated rings. The van der Waals surface area contributed by atoms with E-state index in [0.29, 0.717) is 5.41 Å². The SMILES string of the molecule is CC(C)C1CCC(N2CCC3(CC2)[C@@H](C)CC[C@H]3c2ccccc2)CC1. The Morgan fingerprint density at radius 3 is 2.15 bits per heavy atom. The number of rotatable bonds is 3. The topological polar surface area (TPSA) is 3.24 Å². The molecule has 0 bridgehead atoms. The summed E-state index contributed by atoms with van der Waals surface area (Å²) in [5.41, 5.74) is 2.19. The molecule has 26 heavy (non-hydrogen) atoms. The van der Waals surface area contributed by atoms with E-state index in [9.17, 15) is 0 Å². The van der Waals surface area contributed by atoms with Crippen LogP contribution in [-0.2, 0) is 0 Å². The summed E-state index contributed by atoms with van der Waals surface area (Å²) in [6.07, 6.45) is 11.5. The van der Waals surface area contributed by atoms with Crippen LogP contribution in [0.5, 0.6) is 0 Å². The van der Waals surface area contributed by atoms with Gasteiger partial charge in [0.05, 0.1) is 0 Å². The highest BCUT2D eigenvalue weighted by atomic mass is 15.2. The van der Waals surface area contributed by atoms with Gasteiger partial charge in [-0.1, -0.05) is 51.1 Å². The predicted octanol–water partition coefficient (Wildman–Crippen LogP) is 6.50. The summed E-state index contributed by atoms with van der Waals surface area (Å²) in [7, 11) is 0. The fourth-order valence-electron chi connectivity index (χ4n) is 6.80. The average Bonchev–Trinajstić information content (AvgIpc) is 2.99. The predicted molar refractivity (Wildman–Crippen MR) is 111 cm³/mol. The van der Waals surface area contributed by atoms with Crippen molar-refractivity contribution in [1.82, 2.24) is 4.90 Å². The molecule has 2 saturated carbocycles. The second kappa shape index (κ2) is 7.66. The Hall–Kier alpha value is -0.820. The number of hydrogen-bond acceptors (Lipinski definition) is 1. The molecule has 144 valence electrons. The summed E-state index contributed by atoms with van der Waals surface area (Å²) in [4.78, 5) is 2.88. The molecule has 2 atom stereocenters. The second-order valence-corrected chi connectivity index (χ2v) is 10.0. The third-order valence-corrected chi connectivity index (χ3v) is 8.70. The van der Waals surface area contributed by atoms with Gasteiger partial charge in [0.25, 0.3) is 0 Å². The van der Waals surface area contributed by atoms with Gasteiger partial charge in [-0.2, -0.15) is 0 Å². The first-order valence-electron chi connectivity index (χ1n) is 11.4. The minimum Gasteiger partial charge on any atom is -0.300 e. The lowest BCUT2D eigenvalue weighted by atomic mass is 9.64. The number of likely N-dealkylation sites (tertiary alicyclic amines) is 1. The Bertz CT molecular complexity index is 561. The molecule has 1 heterocycles. The number of nitrogens with zero attached hydrogens (tertiary/aromatic N) is 1. The number of piperidine rings is 1. The van der Waals surface area contributed by atoms with Gasteiger partial charge in [-0.05, 0) is 99.1 Å². The summed E-state index contributed by atoms with van der Waals surface area (Å²) < 4.78 is 0. The quantitative estimate of drug-likeness (QED) is 0.599. The first-order chi connectivity index (χ1) is 12.6. The third-order valence-electron chi connectivity index (χ3n) is 8.70. The van der Waals surface area contributed by atoms with Crippen LogP contribution in [0.15, 0.2) is 30.3 Å². The van der Waals surface area contributed by atoms with Crippen LogP contribution in [-0.4, -0.2) is 24.0 Å².